The molecule has 0 aromatic heterocycles. The van der Waals surface area contributed by atoms with Gasteiger partial charge < -0.3 is 5.32 Å². The molecular weight excluding hydrogens is 508 g/mol. The van der Waals surface area contributed by atoms with Gasteiger partial charge in [-0.15, -0.1) is 0 Å². The van der Waals surface area contributed by atoms with E-state index in [9.17, 15) is 21.6 Å². The molecule has 3 aliphatic rings. The van der Waals surface area contributed by atoms with Crippen LogP contribution >= 0.6 is 11.6 Å². The molecule has 3 aromatic rings. The number of nitrogens with one attached hydrogen (secondary N) is 2. The number of carbonyl (C=O) groups is 1. The lowest BCUT2D eigenvalue weighted by molar-refractivity contribution is -0.0807. The van der Waals surface area contributed by atoms with Gasteiger partial charge in [0.1, 0.15) is 0 Å². The second-order valence-corrected chi connectivity index (χ2v) is 13.6. The van der Waals surface area contributed by atoms with Crippen LogP contribution in [0.25, 0.3) is 0 Å². The average molecular weight is 531 g/mol. The maximum absolute atomic E-state index is 13.2. The number of hydrogen-bond acceptors (Lipinski definition) is 5. The smallest absolute Gasteiger partial charge is 0.261 e. The summed E-state index contributed by atoms with van der Waals surface area (Å²) in [5, 5.41) is 3.39. The summed E-state index contributed by atoms with van der Waals surface area (Å²) in [4.78, 5) is 13.1. The molecule has 0 unspecified atom stereocenters. The summed E-state index contributed by atoms with van der Waals surface area (Å²) in [5.74, 6) is -0.404. The number of sulfonamides is 1. The van der Waals surface area contributed by atoms with Gasteiger partial charge in [-0.1, -0.05) is 41.9 Å². The van der Waals surface area contributed by atoms with Crippen LogP contribution in [0.3, 0.4) is 0 Å². The van der Waals surface area contributed by atoms with Gasteiger partial charge in [0.05, 0.1) is 21.0 Å². The molecule has 182 valence electrons. The van der Waals surface area contributed by atoms with Crippen LogP contribution in [0.15, 0.2) is 82.6 Å². The molecule has 3 fully saturated rings. The lowest BCUT2D eigenvalue weighted by atomic mass is 9.37. The van der Waals surface area contributed by atoms with Crippen LogP contribution < -0.4 is 10.0 Å². The summed E-state index contributed by atoms with van der Waals surface area (Å²) in [6.07, 6.45) is 3.55. The Morgan fingerprint density at radius 1 is 0.857 bits per heavy atom. The Hall–Kier alpha value is -2.88. The van der Waals surface area contributed by atoms with Crippen molar-refractivity contribution < 1.29 is 21.6 Å². The number of benzene rings is 3. The van der Waals surface area contributed by atoms with Crippen molar-refractivity contribution in [2.75, 3.05) is 11.0 Å². The van der Waals surface area contributed by atoms with Gasteiger partial charge in [0.15, 0.2) is 9.84 Å². The highest BCUT2D eigenvalue weighted by molar-refractivity contribution is 7.92. The van der Waals surface area contributed by atoms with Gasteiger partial charge in [-0.2, -0.15) is 0 Å². The predicted molar refractivity (Wildman–Crippen MR) is 134 cm³/mol. The predicted octanol–water partition coefficient (Wildman–Crippen LogP) is 4.15. The summed E-state index contributed by atoms with van der Waals surface area (Å²) in [5.41, 5.74) is 1.28. The van der Waals surface area contributed by atoms with Gasteiger partial charge in [-0.3, -0.25) is 9.52 Å². The highest BCUT2D eigenvalue weighted by Crippen LogP contribution is 2.67. The van der Waals surface area contributed by atoms with Crippen LogP contribution in [-0.4, -0.2) is 34.5 Å². The molecule has 2 N–H and O–H groups in total. The van der Waals surface area contributed by atoms with Crippen molar-refractivity contribution in [2.24, 2.45) is 0 Å². The fraction of sp³-hybridized carbons (Fsp3) is 0.240. The third-order valence-corrected chi connectivity index (χ3v) is 9.57. The van der Waals surface area contributed by atoms with E-state index >= 15 is 0 Å². The number of carbonyl (C=O) groups excluding carboxylic acids is 1. The van der Waals surface area contributed by atoms with E-state index < -0.39 is 25.8 Å². The quantitative estimate of drug-likeness (QED) is 0.477. The molecule has 1 amide bonds. The average Bonchev–Trinajstić information content (AvgIpc) is 2.76. The van der Waals surface area contributed by atoms with E-state index in [1.54, 1.807) is 0 Å². The molecule has 6 rings (SSSR count). The van der Waals surface area contributed by atoms with Gasteiger partial charge in [-0.25, -0.2) is 16.8 Å². The lowest BCUT2D eigenvalue weighted by Crippen LogP contribution is -2.76. The van der Waals surface area contributed by atoms with Crippen LogP contribution in [-0.2, 0) is 25.3 Å². The van der Waals surface area contributed by atoms with Crippen molar-refractivity contribution in [2.45, 2.75) is 40.0 Å². The number of rotatable bonds is 7. The zero-order chi connectivity index (χ0) is 25.1. The van der Waals surface area contributed by atoms with E-state index in [1.165, 1.54) is 48.0 Å². The van der Waals surface area contributed by atoms with Crippen molar-refractivity contribution in [3.05, 3.63) is 88.9 Å². The molecule has 3 aromatic carbocycles. The second-order valence-electron chi connectivity index (χ2n) is 9.45. The third-order valence-electron chi connectivity index (χ3n) is 6.83. The highest BCUT2D eigenvalue weighted by atomic mass is 35.5. The molecule has 0 heterocycles. The molecule has 10 heteroatoms. The molecule has 0 saturated heterocycles. The summed E-state index contributed by atoms with van der Waals surface area (Å²) in [7, 11) is -7.55. The first-order valence-corrected chi connectivity index (χ1v) is 14.7. The first-order valence-electron chi connectivity index (χ1n) is 10.9. The first kappa shape index (κ1) is 23.8. The number of anilines is 1. The van der Waals surface area contributed by atoms with Crippen LogP contribution in [0.2, 0.25) is 5.02 Å². The monoisotopic (exact) mass is 530 g/mol. The van der Waals surface area contributed by atoms with Crippen molar-refractivity contribution in [1.29, 1.82) is 0 Å². The van der Waals surface area contributed by atoms with E-state index in [0.29, 0.717) is 5.02 Å². The van der Waals surface area contributed by atoms with Gasteiger partial charge in [0, 0.05) is 22.2 Å². The van der Waals surface area contributed by atoms with Gasteiger partial charge in [-0.05, 0) is 67.3 Å². The molecular formula is C25H23ClN2O5S2. The van der Waals surface area contributed by atoms with Gasteiger partial charge >= 0.3 is 0 Å². The molecule has 7 nitrogen and oxygen atoms in total. The zero-order valence-electron chi connectivity index (χ0n) is 18.8. The zero-order valence-corrected chi connectivity index (χ0v) is 21.2. The highest BCUT2D eigenvalue weighted by Gasteiger charge is 2.68. The fourth-order valence-electron chi connectivity index (χ4n) is 5.19. The maximum atomic E-state index is 13.2. The second kappa shape index (κ2) is 8.08. The Morgan fingerprint density at radius 2 is 1.46 bits per heavy atom. The van der Waals surface area contributed by atoms with E-state index in [4.69, 9.17) is 11.6 Å². The minimum atomic E-state index is -4.08. The van der Waals surface area contributed by atoms with Crippen LogP contribution in [0.5, 0.6) is 0 Å². The van der Waals surface area contributed by atoms with E-state index in [2.05, 4.69) is 22.2 Å². The van der Waals surface area contributed by atoms with E-state index in [-0.39, 0.29) is 32.0 Å². The molecule has 35 heavy (non-hydrogen) atoms. The normalized spacial score (nSPS) is 23.0. The number of hydrogen-bond donors (Lipinski definition) is 2. The van der Waals surface area contributed by atoms with Crippen molar-refractivity contribution >= 4 is 43.1 Å². The Kier molecular flexibility index (Phi) is 5.50. The van der Waals surface area contributed by atoms with Crippen molar-refractivity contribution in [1.82, 2.24) is 5.32 Å². The maximum Gasteiger partial charge on any atom is 0.261 e. The molecule has 3 aliphatic carbocycles. The molecule has 2 bridgehead atoms. The third kappa shape index (κ3) is 4.32. The molecule has 3 saturated carbocycles. The summed E-state index contributed by atoms with van der Waals surface area (Å²) in [6.45, 7) is 0. The van der Waals surface area contributed by atoms with Crippen molar-refractivity contribution in [3.63, 3.8) is 0 Å². The van der Waals surface area contributed by atoms with E-state index in [1.807, 2.05) is 18.2 Å². The Balaban J connectivity index is 1.34. The Bertz CT molecular complexity index is 1520. The first-order chi connectivity index (χ1) is 16.4. The van der Waals surface area contributed by atoms with E-state index in [0.717, 1.165) is 25.5 Å². The molecule has 0 spiro atoms. The molecule has 0 radical (unpaired) electrons. The molecule has 0 atom stereocenters. The fourth-order valence-corrected chi connectivity index (χ4v) is 7.07. The van der Waals surface area contributed by atoms with Crippen LogP contribution in [0.4, 0.5) is 5.69 Å². The summed E-state index contributed by atoms with van der Waals surface area (Å²) >= 11 is 6.13. The number of amides is 1. The Morgan fingerprint density at radius 3 is 2.06 bits per heavy atom. The van der Waals surface area contributed by atoms with Crippen LogP contribution in [0, 0.1) is 0 Å². The minimum Gasteiger partial charge on any atom is -0.346 e. The lowest BCUT2D eigenvalue weighted by Gasteiger charge is -2.71. The minimum absolute atomic E-state index is 0.00911. The van der Waals surface area contributed by atoms with Crippen molar-refractivity contribution in [3.8, 4) is 0 Å². The Labute approximate surface area is 209 Å². The number of halogens is 1. The van der Waals surface area contributed by atoms with Gasteiger partial charge in [0.2, 0.25) is 0 Å². The largest absolute Gasteiger partial charge is 0.346 e. The van der Waals surface area contributed by atoms with Crippen LogP contribution in [0.1, 0.15) is 35.2 Å². The SMILES string of the molecule is CS(=O)(=O)c1ccc(S(=O)(=O)Nc2ccc(Cl)cc2C(=O)NC23CC(c4ccccc4)(C2)C3)cc1. The summed E-state index contributed by atoms with van der Waals surface area (Å²) < 4.78 is 51.7. The van der Waals surface area contributed by atoms with Gasteiger partial charge in [0.25, 0.3) is 15.9 Å². The summed E-state index contributed by atoms with van der Waals surface area (Å²) in [6, 6.07) is 19.5. The molecule has 0 aliphatic heterocycles. The topological polar surface area (TPSA) is 109 Å². The standard InChI is InChI=1S/C25H23ClN2O5S2/c1-34(30,31)19-8-10-20(11-9-19)35(32,33)28-22-12-7-18(26)13-21(22)23(29)27-25-14-24(15-25,16-25)17-5-3-2-4-6-17/h2-13,28H,14-16H2,1H3,(H,27,29). The number of sulfone groups is 1.